The van der Waals surface area contributed by atoms with Crippen molar-refractivity contribution in [3.63, 3.8) is 0 Å². The Balaban J connectivity index is 3.17. The molecule has 0 spiro atoms. The molecule has 0 aromatic heterocycles. The van der Waals surface area contributed by atoms with E-state index in [1.54, 1.807) is 25.2 Å². The number of carboxylic acids is 1. The van der Waals surface area contributed by atoms with Gasteiger partial charge in [0.25, 0.3) is 0 Å². The Morgan fingerprint density at radius 2 is 2.25 bits per heavy atom. The SMILES string of the molecule is CNc1ccc(Br)c(C(=O)O)c1. The van der Waals surface area contributed by atoms with Crippen LogP contribution in [0.1, 0.15) is 10.4 Å². The fraction of sp³-hybridized carbons (Fsp3) is 0.125. The van der Waals surface area contributed by atoms with Crippen LogP contribution in [0.25, 0.3) is 0 Å². The number of aromatic carboxylic acids is 1. The molecular formula is C8H8BrNO2. The summed E-state index contributed by atoms with van der Waals surface area (Å²) in [6.07, 6.45) is 0. The second-order valence-electron chi connectivity index (χ2n) is 2.25. The van der Waals surface area contributed by atoms with Crippen LogP contribution < -0.4 is 5.32 Å². The van der Waals surface area contributed by atoms with E-state index in [2.05, 4.69) is 21.2 Å². The van der Waals surface area contributed by atoms with Gasteiger partial charge in [0, 0.05) is 17.2 Å². The molecule has 0 heterocycles. The molecule has 12 heavy (non-hydrogen) atoms. The predicted octanol–water partition coefficient (Wildman–Crippen LogP) is 2.19. The first-order valence-electron chi connectivity index (χ1n) is 3.35. The first-order chi connectivity index (χ1) is 5.65. The summed E-state index contributed by atoms with van der Waals surface area (Å²) in [4.78, 5) is 10.6. The third kappa shape index (κ3) is 1.76. The van der Waals surface area contributed by atoms with E-state index in [9.17, 15) is 4.79 Å². The van der Waals surface area contributed by atoms with Crippen molar-refractivity contribution in [1.29, 1.82) is 0 Å². The van der Waals surface area contributed by atoms with Crippen LogP contribution in [0.4, 0.5) is 5.69 Å². The van der Waals surface area contributed by atoms with Crippen molar-refractivity contribution in [3.05, 3.63) is 28.2 Å². The van der Waals surface area contributed by atoms with E-state index in [1.165, 1.54) is 0 Å². The molecule has 0 bridgehead atoms. The van der Waals surface area contributed by atoms with Gasteiger partial charge < -0.3 is 10.4 Å². The van der Waals surface area contributed by atoms with Gasteiger partial charge in [0.2, 0.25) is 0 Å². The second kappa shape index (κ2) is 3.58. The van der Waals surface area contributed by atoms with Crippen LogP contribution in [-0.2, 0) is 0 Å². The Morgan fingerprint density at radius 1 is 1.58 bits per heavy atom. The van der Waals surface area contributed by atoms with Crippen LogP contribution in [0.5, 0.6) is 0 Å². The minimum Gasteiger partial charge on any atom is -0.478 e. The highest BCUT2D eigenvalue weighted by Gasteiger charge is 2.07. The summed E-state index contributed by atoms with van der Waals surface area (Å²) in [6, 6.07) is 5.08. The van der Waals surface area contributed by atoms with Crippen molar-refractivity contribution in [2.24, 2.45) is 0 Å². The minimum absolute atomic E-state index is 0.266. The standard InChI is InChI=1S/C8H8BrNO2/c1-10-5-2-3-7(9)6(4-5)8(11)12/h2-4,10H,1H3,(H,11,12). The monoisotopic (exact) mass is 229 g/mol. The summed E-state index contributed by atoms with van der Waals surface area (Å²) in [5.74, 6) is -0.932. The normalized spacial score (nSPS) is 9.50. The minimum atomic E-state index is -0.932. The fourth-order valence-corrected chi connectivity index (χ4v) is 1.26. The summed E-state index contributed by atoms with van der Waals surface area (Å²) in [6.45, 7) is 0. The molecule has 0 amide bonds. The number of halogens is 1. The first kappa shape index (κ1) is 9.06. The molecule has 0 saturated heterocycles. The van der Waals surface area contributed by atoms with Crippen molar-refractivity contribution < 1.29 is 9.90 Å². The number of carbonyl (C=O) groups is 1. The summed E-state index contributed by atoms with van der Waals surface area (Å²) in [7, 11) is 1.74. The zero-order valence-electron chi connectivity index (χ0n) is 6.47. The van der Waals surface area contributed by atoms with Crippen molar-refractivity contribution in [2.75, 3.05) is 12.4 Å². The molecule has 4 heteroatoms. The van der Waals surface area contributed by atoms with Gasteiger partial charge in [-0.05, 0) is 34.1 Å². The van der Waals surface area contributed by atoms with Gasteiger partial charge in [-0.3, -0.25) is 0 Å². The molecule has 64 valence electrons. The maximum Gasteiger partial charge on any atom is 0.336 e. The summed E-state index contributed by atoms with van der Waals surface area (Å²) in [5.41, 5.74) is 1.05. The number of nitrogens with one attached hydrogen (secondary N) is 1. The lowest BCUT2D eigenvalue weighted by atomic mass is 10.2. The number of hydrogen-bond donors (Lipinski definition) is 2. The third-order valence-corrected chi connectivity index (χ3v) is 2.18. The van der Waals surface area contributed by atoms with Gasteiger partial charge in [0.1, 0.15) is 0 Å². The average molecular weight is 230 g/mol. The highest BCUT2D eigenvalue weighted by atomic mass is 79.9. The molecule has 3 nitrogen and oxygen atoms in total. The van der Waals surface area contributed by atoms with Crippen LogP contribution >= 0.6 is 15.9 Å². The third-order valence-electron chi connectivity index (χ3n) is 1.49. The Kier molecular flexibility index (Phi) is 2.70. The number of carboxylic acid groups (broad SMARTS) is 1. The molecule has 0 aliphatic rings. The molecule has 0 saturated carbocycles. The van der Waals surface area contributed by atoms with E-state index in [1.807, 2.05) is 0 Å². The Labute approximate surface area is 78.5 Å². The summed E-state index contributed by atoms with van der Waals surface area (Å²) < 4.78 is 0.592. The van der Waals surface area contributed by atoms with Crippen LogP contribution in [0.2, 0.25) is 0 Å². The summed E-state index contributed by atoms with van der Waals surface area (Å²) in [5, 5.41) is 11.6. The Hall–Kier alpha value is -1.03. The number of hydrogen-bond acceptors (Lipinski definition) is 2. The smallest absolute Gasteiger partial charge is 0.336 e. The van der Waals surface area contributed by atoms with Crippen LogP contribution in [0.15, 0.2) is 22.7 Å². The zero-order chi connectivity index (χ0) is 9.14. The predicted molar refractivity (Wildman–Crippen MR) is 50.6 cm³/mol. The van der Waals surface area contributed by atoms with Crippen LogP contribution in [-0.4, -0.2) is 18.1 Å². The average Bonchev–Trinajstić information content (AvgIpc) is 2.05. The quantitative estimate of drug-likeness (QED) is 0.818. The van der Waals surface area contributed by atoms with Crippen LogP contribution in [0, 0.1) is 0 Å². The summed E-state index contributed by atoms with van der Waals surface area (Å²) >= 11 is 3.15. The van der Waals surface area contributed by atoms with Crippen molar-refractivity contribution >= 4 is 27.6 Å². The van der Waals surface area contributed by atoms with Crippen molar-refractivity contribution in [2.45, 2.75) is 0 Å². The molecule has 0 atom stereocenters. The van der Waals surface area contributed by atoms with Gasteiger partial charge in [0.05, 0.1) is 5.56 Å². The van der Waals surface area contributed by atoms with Gasteiger partial charge in [-0.1, -0.05) is 0 Å². The molecule has 0 aliphatic carbocycles. The molecule has 1 aromatic rings. The highest BCUT2D eigenvalue weighted by Crippen LogP contribution is 2.20. The lowest BCUT2D eigenvalue weighted by Gasteiger charge is -2.02. The molecule has 1 rings (SSSR count). The Morgan fingerprint density at radius 3 is 2.75 bits per heavy atom. The van der Waals surface area contributed by atoms with Gasteiger partial charge >= 0.3 is 5.97 Å². The second-order valence-corrected chi connectivity index (χ2v) is 3.10. The highest BCUT2D eigenvalue weighted by molar-refractivity contribution is 9.10. The molecule has 0 aliphatic heterocycles. The molecule has 0 radical (unpaired) electrons. The van der Waals surface area contributed by atoms with Gasteiger partial charge in [-0.2, -0.15) is 0 Å². The van der Waals surface area contributed by atoms with E-state index < -0.39 is 5.97 Å². The molecule has 1 aromatic carbocycles. The number of anilines is 1. The largest absolute Gasteiger partial charge is 0.478 e. The maximum atomic E-state index is 10.6. The van der Waals surface area contributed by atoms with Gasteiger partial charge in [-0.25, -0.2) is 4.79 Å². The van der Waals surface area contributed by atoms with E-state index in [-0.39, 0.29) is 5.56 Å². The Bertz CT molecular complexity index is 312. The first-order valence-corrected chi connectivity index (χ1v) is 4.15. The zero-order valence-corrected chi connectivity index (χ0v) is 8.05. The van der Waals surface area contributed by atoms with Crippen molar-refractivity contribution in [3.8, 4) is 0 Å². The lowest BCUT2D eigenvalue weighted by molar-refractivity contribution is 0.0696. The van der Waals surface area contributed by atoms with Crippen LogP contribution in [0.3, 0.4) is 0 Å². The van der Waals surface area contributed by atoms with E-state index in [4.69, 9.17) is 5.11 Å². The molecule has 0 unspecified atom stereocenters. The fourth-order valence-electron chi connectivity index (χ4n) is 0.845. The topological polar surface area (TPSA) is 49.3 Å². The van der Waals surface area contributed by atoms with E-state index in [0.29, 0.717) is 4.47 Å². The van der Waals surface area contributed by atoms with Gasteiger partial charge in [-0.15, -0.1) is 0 Å². The number of rotatable bonds is 2. The van der Waals surface area contributed by atoms with E-state index in [0.717, 1.165) is 5.69 Å². The molecule has 0 fully saturated rings. The lowest BCUT2D eigenvalue weighted by Crippen LogP contribution is -1.99. The maximum absolute atomic E-state index is 10.6. The molecule has 2 N–H and O–H groups in total. The van der Waals surface area contributed by atoms with Gasteiger partial charge in [0.15, 0.2) is 0 Å². The molecular weight excluding hydrogens is 222 g/mol. The van der Waals surface area contributed by atoms with Crippen molar-refractivity contribution in [1.82, 2.24) is 0 Å². The van der Waals surface area contributed by atoms with E-state index >= 15 is 0 Å². The number of benzene rings is 1.